The summed E-state index contributed by atoms with van der Waals surface area (Å²) in [6.07, 6.45) is 0. The molecule has 0 spiro atoms. The van der Waals surface area contributed by atoms with Crippen LogP contribution in [0.25, 0.3) is 0 Å². The number of benzene rings is 1. The second-order valence-corrected chi connectivity index (χ2v) is 4.32. The van der Waals surface area contributed by atoms with Gasteiger partial charge in [-0.25, -0.2) is 0 Å². The molecule has 0 saturated carbocycles. The van der Waals surface area contributed by atoms with Gasteiger partial charge in [-0.3, -0.25) is 9.59 Å². The molecule has 5 heteroatoms. The maximum Gasteiger partial charge on any atom is 0.322 e. The van der Waals surface area contributed by atoms with Gasteiger partial charge in [0.1, 0.15) is 6.54 Å². The molecule has 1 amide bonds. The monoisotopic (exact) mass is 239 g/mol. The molecule has 0 unspecified atom stereocenters. The number of carbonyl (C=O) groups excluding carboxylic acids is 1. The molecule has 0 aromatic heterocycles. The fraction of sp³-hybridized carbons (Fsp3) is 0.273. The Labute approximate surface area is 98.0 Å². The van der Waals surface area contributed by atoms with E-state index in [0.29, 0.717) is 0 Å². The number of carboxylic acids is 1. The number of carbonyl (C=O) groups is 2. The third-order valence-electron chi connectivity index (χ3n) is 1.80. The lowest BCUT2D eigenvalue weighted by atomic mass is 10.2. The zero-order chi connectivity index (χ0) is 12.0. The molecule has 0 aliphatic carbocycles. The van der Waals surface area contributed by atoms with Crippen molar-refractivity contribution in [1.29, 1.82) is 0 Å². The highest BCUT2D eigenvalue weighted by atomic mass is 32.2. The summed E-state index contributed by atoms with van der Waals surface area (Å²) >= 11 is 1.39. The summed E-state index contributed by atoms with van der Waals surface area (Å²) in [6.45, 7) is 1.65. The van der Waals surface area contributed by atoms with Crippen molar-refractivity contribution in [3.63, 3.8) is 0 Å². The Hall–Kier alpha value is -1.49. The summed E-state index contributed by atoms with van der Waals surface area (Å²) in [5.41, 5.74) is 1.14. The number of amides is 1. The van der Waals surface area contributed by atoms with Crippen LogP contribution >= 0.6 is 11.8 Å². The fourth-order valence-electron chi connectivity index (χ4n) is 1.08. The molecule has 2 N–H and O–H groups in total. The molecule has 4 nitrogen and oxygen atoms in total. The minimum atomic E-state index is -1.03. The molecule has 1 aromatic rings. The molecule has 0 fully saturated rings. The normalized spacial score (nSPS) is 9.81. The van der Waals surface area contributed by atoms with Crippen LogP contribution in [0.15, 0.2) is 29.2 Å². The first-order valence-electron chi connectivity index (χ1n) is 4.76. The highest BCUT2D eigenvalue weighted by Crippen LogP contribution is 2.18. The lowest BCUT2D eigenvalue weighted by Crippen LogP contribution is -2.30. The van der Waals surface area contributed by atoms with Gasteiger partial charge in [-0.15, -0.1) is 11.8 Å². The average Bonchev–Trinajstić information content (AvgIpc) is 2.23. The van der Waals surface area contributed by atoms with Crippen molar-refractivity contribution in [3.05, 3.63) is 29.8 Å². The molecule has 0 atom stereocenters. The van der Waals surface area contributed by atoms with Crippen molar-refractivity contribution >= 4 is 23.6 Å². The zero-order valence-corrected chi connectivity index (χ0v) is 9.71. The number of nitrogens with one attached hydrogen (secondary N) is 1. The van der Waals surface area contributed by atoms with Crippen LogP contribution in [-0.4, -0.2) is 29.3 Å². The van der Waals surface area contributed by atoms with E-state index in [1.807, 2.05) is 31.2 Å². The average molecular weight is 239 g/mol. The highest BCUT2D eigenvalue weighted by molar-refractivity contribution is 8.00. The predicted octanol–water partition coefficient (Wildman–Crippen LogP) is 1.29. The van der Waals surface area contributed by atoms with Crippen molar-refractivity contribution in [2.75, 3.05) is 12.3 Å². The Bertz CT molecular complexity index is 393. The Morgan fingerprint density at radius 1 is 1.44 bits per heavy atom. The van der Waals surface area contributed by atoms with Crippen molar-refractivity contribution < 1.29 is 14.7 Å². The Kier molecular flexibility index (Phi) is 4.85. The molecular weight excluding hydrogens is 226 g/mol. The fourth-order valence-corrected chi connectivity index (χ4v) is 1.92. The van der Waals surface area contributed by atoms with E-state index in [-0.39, 0.29) is 18.2 Å². The minimum Gasteiger partial charge on any atom is -0.480 e. The quantitative estimate of drug-likeness (QED) is 0.760. The molecule has 16 heavy (non-hydrogen) atoms. The molecule has 0 bridgehead atoms. The van der Waals surface area contributed by atoms with E-state index >= 15 is 0 Å². The first-order valence-corrected chi connectivity index (χ1v) is 5.74. The Morgan fingerprint density at radius 2 is 2.19 bits per heavy atom. The van der Waals surface area contributed by atoms with Crippen molar-refractivity contribution in [2.45, 2.75) is 11.8 Å². The van der Waals surface area contributed by atoms with E-state index in [2.05, 4.69) is 5.32 Å². The molecule has 0 aliphatic rings. The predicted molar refractivity (Wildman–Crippen MR) is 62.5 cm³/mol. The first kappa shape index (κ1) is 12.6. The molecular formula is C11H13NO3S. The minimum absolute atomic E-state index is 0.233. The summed E-state index contributed by atoms with van der Waals surface area (Å²) in [5, 5.41) is 10.7. The molecule has 0 aliphatic heterocycles. The van der Waals surface area contributed by atoms with Gasteiger partial charge in [0.25, 0.3) is 0 Å². The van der Waals surface area contributed by atoms with E-state index in [4.69, 9.17) is 5.11 Å². The van der Waals surface area contributed by atoms with Gasteiger partial charge >= 0.3 is 5.97 Å². The van der Waals surface area contributed by atoms with E-state index in [1.165, 1.54) is 11.8 Å². The van der Waals surface area contributed by atoms with Crippen LogP contribution in [0.4, 0.5) is 0 Å². The third kappa shape index (κ3) is 4.84. The zero-order valence-electron chi connectivity index (χ0n) is 8.90. The van der Waals surface area contributed by atoms with Crippen LogP contribution < -0.4 is 5.32 Å². The molecule has 0 radical (unpaired) electrons. The number of thioether (sulfide) groups is 1. The van der Waals surface area contributed by atoms with E-state index in [0.717, 1.165) is 10.5 Å². The molecule has 0 heterocycles. The standard InChI is InChI=1S/C11H13NO3S/c1-8-3-2-4-9(5-8)16-7-10(13)12-6-11(14)15/h2-5H,6-7H2,1H3,(H,12,13)(H,14,15). The number of hydrogen-bond donors (Lipinski definition) is 2. The molecule has 0 saturated heterocycles. The van der Waals surface area contributed by atoms with Crippen molar-refractivity contribution in [1.82, 2.24) is 5.32 Å². The Morgan fingerprint density at radius 3 is 2.81 bits per heavy atom. The van der Waals surface area contributed by atoms with Crippen LogP contribution in [0, 0.1) is 6.92 Å². The lowest BCUT2D eigenvalue weighted by Gasteiger charge is -2.03. The number of hydrogen-bond acceptors (Lipinski definition) is 3. The molecule has 1 rings (SSSR count). The SMILES string of the molecule is Cc1cccc(SCC(=O)NCC(=O)O)c1. The van der Waals surface area contributed by atoms with E-state index in [1.54, 1.807) is 0 Å². The second kappa shape index (κ2) is 6.17. The second-order valence-electron chi connectivity index (χ2n) is 3.28. The number of aryl methyl sites for hydroxylation is 1. The third-order valence-corrected chi connectivity index (χ3v) is 2.79. The summed E-state index contributed by atoms with van der Waals surface area (Å²) in [6, 6.07) is 7.80. The topological polar surface area (TPSA) is 66.4 Å². The van der Waals surface area contributed by atoms with Gasteiger partial charge < -0.3 is 10.4 Å². The van der Waals surface area contributed by atoms with Crippen LogP contribution in [0.3, 0.4) is 0 Å². The largest absolute Gasteiger partial charge is 0.480 e. The van der Waals surface area contributed by atoms with Crippen molar-refractivity contribution in [2.24, 2.45) is 0 Å². The molecule has 1 aromatic carbocycles. The van der Waals surface area contributed by atoms with Crippen LogP contribution in [0.2, 0.25) is 0 Å². The molecule has 86 valence electrons. The summed E-state index contributed by atoms with van der Waals surface area (Å²) in [4.78, 5) is 22.4. The van der Waals surface area contributed by atoms with Crippen LogP contribution in [0.5, 0.6) is 0 Å². The van der Waals surface area contributed by atoms with Gasteiger partial charge in [-0.1, -0.05) is 17.7 Å². The van der Waals surface area contributed by atoms with Crippen molar-refractivity contribution in [3.8, 4) is 0 Å². The lowest BCUT2D eigenvalue weighted by molar-refractivity contribution is -0.137. The van der Waals surface area contributed by atoms with Gasteiger partial charge in [-0.2, -0.15) is 0 Å². The Balaban J connectivity index is 2.34. The number of aliphatic carboxylic acids is 1. The maximum atomic E-state index is 11.2. The first-order chi connectivity index (χ1) is 7.58. The number of carboxylic acid groups (broad SMARTS) is 1. The van der Waals surface area contributed by atoms with Gasteiger partial charge in [0.05, 0.1) is 5.75 Å². The van der Waals surface area contributed by atoms with Gasteiger partial charge in [-0.05, 0) is 19.1 Å². The highest BCUT2D eigenvalue weighted by Gasteiger charge is 2.04. The smallest absolute Gasteiger partial charge is 0.322 e. The van der Waals surface area contributed by atoms with Gasteiger partial charge in [0.15, 0.2) is 0 Å². The van der Waals surface area contributed by atoms with Crippen LogP contribution in [0.1, 0.15) is 5.56 Å². The number of rotatable bonds is 5. The maximum absolute atomic E-state index is 11.2. The van der Waals surface area contributed by atoms with Gasteiger partial charge in [0.2, 0.25) is 5.91 Å². The summed E-state index contributed by atoms with van der Waals surface area (Å²) in [5.74, 6) is -1.07. The summed E-state index contributed by atoms with van der Waals surface area (Å²) < 4.78 is 0. The van der Waals surface area contributed by atoms with Crippen LogP contribution in [-0.2, 0) is 9.59 Å². The summed E-state index contributed by atoms with van der Waals surface area (Å²) in [7, 11) is 0. The van der Waals surface area contributed by atoms with Gasteiger partial charge in [0, 0.05) is 4.90 Å². The van der Waals surface area contributed by atoms with E-state index in [9.17, 15) is 9.59 Å². The van der Waals surface area contributed by atoms with E-state index < -0.39 is 5.97 Å².